The minimum Gasteiger partial charge on any atom is -0.289 e. The number of fused-ring (bicyclic) bond motifs is 1. The molecule has 0 unspecified atom stereocenters. The van der Waals surface area contributed by atoms with Gasteiger partial charge in [-0.2, -0.15) is 0 Å². The van der Waals surface area contributed by atoms with Crippen molar-refractivity contribution in [2.45, 2.75) is 0 Å². The zero-order chi connectivity index (χ0) is 19.5. The summed E-state index contributed by atoms with van der Waals surface area (Å²) in [5, 5.41) is 1.97. The molecule has 0 spiro atoms. The molecule has 4 aromatic carbocycles. The molecule has 0 heterocycles. The fourth-order valence-corrected chi connectivity index (χ4v) is 3.21. The lowest BCUT2D eigenvalue weighted by Crippen LogP contribution is -2.18. The van der Waals surface area contributed by atoms with Crippen LogP contribution in [0, 0.1) is 0 Å². The van der Waals surface area contributed by atoms with Gasteiger partial charge in [0.2, 0.25) is 11.6 Å². The molecule has 4 aromatic rings. The number of rotatable bonds is 5. The van der Waals surface area contributed by atoms with E-state index in [9.17, 15) is 14.4 Å². The van der Waals surface area contributed by atoms with Crippen molar-refractivity contribution >= 4 is 28.1 Å². The van der Waals surface area contributed by atoms with Gasteiger partial charge < -0.3 is 0 Å². The highest BCUT2D eigenvalue weighted by molar-refractivity contribution is 6.50. The van der Waals surface area contributed by atoms with Crippen LogP contribution in [-0.2, 0) is 0 Å². The van der Waals surface area contributed by atoms with Crippen LogP contribution >= 0.6 is 0 Å². The Hall–Kier alpha value is -3.85. The van der Waals surface area contributed by atoms with E-state index < -0.39 is 11.6 Å². The first-order valence-corrected chi connectivity index (χ1v) is 8.92. The molecule has 0 bridgehead atoms. The van der Waals surface area contributed by atoms with E-state index in [1.807, 2.05) is 30.3 Å². The second-order valence-electron chi connectivity index (χ2n) is 6.46. The summed E-state index contributed by atoms with van der Waals surface area (Å²) in [7, 11) is 0. The molecule has 0 aliphatic heterocycles. The summed E-state index contributed by atoms with van der Waals surface area (Å²) in [6.45, 7) is 0. The van der Waals surface area contributed by atoms with Gasteiger partial charge in [-0.3, -0.25) is 14.4 Å². The molecule has 0 radical (unpaired) electrons. The molecular weight excluding hydrogens is 348 g/mol. The number of hydrogen-bond acceptors (Lipinski definition) is 3. The lowest BCUT2D eigenvalue weighted by molar-refractivity contribution is 0.0815. The Balaban J connectivity index is 1.73. The zero-order valence-corrected chi connectivity index (χ0v) is 15.0. The Labute approximate surface area is 162 Å². The molecule has 0 saturated carbocycles. The number of carbonyl (C=O) groups is 3. The third kappa shape index (κ3) is 3.26. The van der Waals surface area contributed by atoms with E-state index in [-0.39, 0.29) is 16.9 Å². The van der Waals surface area contributed by atoms with Gasteiger partial charge in [-0.1, -0.05) is 91.0 Å². The topological polar surface area (TPSA) is 51.2 Å². The molecule has 28 heavy (non-hydrogen) atoms. The van der Waals surface area contributed by atoms with Crippen LogP contribution in [-0.4, -0.2) is 17.3 Å². The molecule has 0 aliphatic carbocycles. The van der Waals surface area contributed by atoms with Gasteiger partial charge in [0, 0.05) is 22.3 Å². The SMILES string of the molecule is O=C(C(=O)c1ccccc1C(=O)c1ccc2ccccc2c1)c1ccccc1. The predicted molar refractivity (Wildman–Crippen MR) is 109 cm³/mol. The van der Waals surface area contributed by atoms with Crippen LogP contribution in [0.1, 0.15) is 36.6 Å². The molecular formula is C25H16O3. The van der Waals surface area contributed by atoms with Gasteiger partial charge >= 0.3 is 0 Å². The number of hydrogen-bond donors (Lipinski definition) is 0. The van der Waals surface area contributed by atoms with Crippen molar-refractivity contribution in [1.82, 2.24) is 0 Å². The molecule has 0 aliphatic rings. The molecule has 0 atom stereocenters. The summed E-state index contributed by atoms with van der Waals surface area (Å²) in [4.78, 5) is 38.5. The van der Waals surface area contributed by atoms with Crippen LogP contribution in [0.4, 0.5) is 0 Å². The van der Waals surface area contributed by atoms with Crippen LogP contribution < -0.4 is 0 Å². The normalized spacial score (nSPS) is 10.6. The van der Waals surface area contributed by atoms with Gasteiger partial charge in [-0.05, 0) is 16.8 Å². The van der Waals surface area contributed by atoms with E-state index in [4.69, 9.17) is 0 Å². The van der Waals surface area contributed by atoms with Crippen molar-refractivity contribution in [3.63, 3.8) is 0 Å². The molecule has 0 saturated heterocycles. The third-order valence-corrected chi connectivity index (χ3v) is 4.67. The van der Waals surface area contributed by atoms with Crippen LogP contribution in [0.2, 0.25) is 0 Å². The standard InChI is InChI=1S/C25H16O3/c26-23(20-15-14-17-8-4-5-11-19(17)16-20)21-12-6-7-13-22(21)25(28)24(27)18-9-2-1-3-10-18/h1-16H. The fourth-order valence-electron chi connectivity index (χ4n) is 3.21. The first-order chi connectivity index (χ1) is 13.6. The highest BCUT2D eigenvalue weighted by atomic mass is 16.2. The summed E-state index contributed by atoms with van der Waals surface area (Å²) in [5.74, 6) is -1.59. The Kier molecular flexibility index (Phi) is 4.65. The minimum atomic E-state index is -0.684. The van der Waals surface area contributed by atoms with Gasteiger partial charge in [-0.25, -0.2) is 0 Å². The van der Waals surface area contributed by atoms with Gasteiger partial charge in [0.05, 0.1) is 0 Å². The van der Waals surface area contributed by atoms with Crippen LogP contribution in [0.25, 0.3) is 10.8 Å². The molecule has 0 amide bonds. The Bertz CT molecular complexity index is 1210. The summed E-state index contributed by atoms with van der Waals surface area (Å²) >= 11 is 0. The van der Waals surface area contributed by atoms with Crippen molar-refractivity contribution in [3.8, 4) is 0 Å². The number of ketones is 3. The van der Waals surface area contributed by atoms with Crippen molar-refractivity contribution in [2.24, 2.45) is 0 Å². The summed E-state index contributed by atoms with van der Waals surface area (Å²) < 4.78 is 0. The third-order valence-electron chi connectivity index (χ3n) is 4.67. The molecule has 0 fully saturated rings. The fraction of sp³-hybridized carbons (Fsp3) is 0. The molecule has 0 N–H and O–H groups in total. The molecule has 3 heteroatoms. The number of carbonyl (C=O) groups excluding carboxylic acids is 3. The Morgan fingerprint density at radius 2 is 1.07 bits per heavy atom. The van der Waals surface area contributed by atoms with Crippen molar-refractivity contribution < 1.29 is 14.4 Å². The van der Waals surface area contributed by atoms with E-state index in [1.54, 1.807) is 60.7 Å². The zero-order valence-electron chi connectivity index (χ0n) is 15.0. The maximum Gasteiger partial charge on any atom is 0.234 e. The lowest BCUT2D eigenvalue weighted by Gasteiger charge is -2.08. The van der Waals surface area contributed by atoms with E-state index in [1.165, 1.54) is 6.07 Å². The molecule has 4 rings (SSSR count). The van der Waals surface area contributed by atoms with E-state index in [0.717, 1.165) is 10.8 Å². The Morgan fingerprint density at radius 1 is 0.464 bits per heavy atom. The first kappa shape index (κ1) is 17.6. The van der Waals surface area contributed by atoms with Crippen LogP contribution in [0.3, 0.4) is 0 Å². The van der Waals surface area contributed by atoms with Gasteiger partial charge in [0.1, 0.15) is 0 Å². The van der Waals surface area contributed by atoms with Gasteiger partial charge in [0.25, 0.3) is 0 Å². The predicted octanol–water partition coefficient (Wildman–Crippen LogP) is 5.14. The molecule has 134 valence electrons. The lowest BCUT2D eigenvalue weighted by atomic mass is 9.92. The average molecular weight is 364 g/mol. The number of Topliss-reactive ketones (excluding diaryl/α,β-unsaturated/α-hetero) is 2. The van der Waals surface area contributed by atoms with Crippen molar-refractivity contribution in [3.05, 3.63) is 119 Å². The average Bonchev–Trinajstić information content (AvgIpc) is 2.78. The minimum absolute atomic E-state index is 0.120. The summed E-state index contributed by atoms with van der Waals surface area (Å²) in [6, 6.07) is 28.0. The maximum absolute atomic E-state index is 13.1. The van der Waals surface area contributed by atoms with Gasteiger partial charge in [0.15, 0.2) is 5.78 Å². The first-order valence-electron chi connectivity index (χ1n) is 8.92. The van der Waals surface area contributed by atoms with Crippen LogP contribution in [0.5, 0.6) is 0 Å². The van der Waals surface area contributed by atoms with Crippen molar-refractivity contribution in [1.29, 1.82) is 0 Å². The summed E-state index contributed by atoms with van der Waals surface area (Å²) in [5.41, 5.74) is 1.13. The van der Waals surface area contributed by atoms with E-state index in [0.29, 0.717) is 11.1 Å². The van der Waals surface area contributed by atoms with Crippen molar-refractivity contribution in [2.75, 3.05) is 0 Å². The largest absolute Gasteiger partial charge is 0.289 e. The molecule has 0 aromatic heterocycles. The second-order valence-corrected chi connectivity index (χ2v) is 6.46. The van der Waals surface area contributed by atoms with Crippen LogP contribution in [0.15, 0.2) is 97.1 Å². The maximum atomic E-state index is 13.1. The second kappa shape index (κ2) is 7.41. The molecule has 3 nitrogen and oxygen atoms in total. The highest BCUT2D eigenvalue weighted by Gasteiger charge is 2.24. The Morgan fingerprint density at radius 3 is 1.82 bits per heavy atom. The van der Waals surface area contributed by atoms with E-state index >= 15 is 0 Å². The monoisotopic (exact) mass is 364 g/mol. The highest BCUT2D eigenvalue weighted by Crippen LogP contribution is 2.21. The van der Waals surface area contributed by atoms with Gasteiger partial charge in [-0.15, -0.1) is 0 Å². The number of benzene rings is 4. The smallest absolute Gasteiger partial charge is 0.234 e. The summed E-state index contributed by atoms with van der Waals surface area (Å²) in [6.07, 6.45) is 0. The van der Waals surface area contributed by atoms with E-state index in [2.05, 4.69) is 0 Å². The quantitative estimate of drug-likeness (QED) is 0.364.